The molecule has 9 heteroatoms. The molecule has 2 heterocycles. The summed E-state index contributed by atoms with van der Waals surface area (Å²) in [4.78, 5) is 43.1. The van der Waals surface area contributed by atoms with Gasteiger partial charge >= 0.3 is 6.03 Å². The summed E-state index contributed by atoms with van der Waals surface area (Å²) in [6.07, 6.45) is 1.92. The van der Waals surface area contributed by atoms with Crippen molar-refractivity contribution in [2.45, 2.75) is 45.7 Å². The molecule has 0 aromatic carbocycles. The molecule has 8 nitrogen and oxygen atoms in total. The summed E-state index contributed by atoms with van der Waals surface area (Å²) in [6.45, 7) is 5.17. The summed E-state index contributed by atoms with van der Waals surface area (Å²) in [5.41, 5.74) is 0.923. The number of thiazole rings is 1. The second kappa shape index (κ2) is 8.80. The number of nitrogens with one attached hydrogen (secondary N) is 3. The van der Waals surface area contributed by atoms with Crippen molar-refractivity contribution in [2.24, 2.45) is 0 Å². The van der Waals surface area contributed by atoms with E-state index in [1.807, 2.05) is 6.92 Å². The highest BCUT2D eigenvalue weighted by molar-refractivity contribution is 7.11. The minimum Gasteiger partial charge on any atom is -0.359 e. The topological polar surface area (TPSA) is 103 Å². The van der Waals surface area contributed by atoms with E-state index in [-0.39, 0.29) is 24.3 Å². The van der Waals surface area contributed by atoms with Gasteiger partial charge in [0.05, 0.1) is 23.7 Å². The van der Waals surface area contributed by atoms with E-state index < -0.39 is 6.04 Å². The van der Waals surface area contributed by atoms with Gasteiger partial charge in [0.2, 0.25) is 11.8 Å². The SMILES string of the molecule is CCCc1nc(C)c(CNC(=O)N2CCNC(=O)C2CC(=O)NC)s1. The molecule has 0 spiro atoms. The summed E-state index contributed by atoms with van der Waals surface area (Å²) in [6, 6.07) is -1.12. The molecule has 4 amide bonds. The van der Waals surface area contributed by atoms with Crippen LogP contribution in [0.5, 0.6) is 0 Å². The van der Waals surface area contributed by atoms with Crippen LogP contribution in [-0.2, 0) is 22.6 Å². The highest BCUT2D eigenvalue weighted by Crippen LogP contribution is 2.19. The molecule has 3 N–H and O–H groups in total. The number of nitrogens with zero attached hydrogens (tertiary/aromatic N) is 2. The highest BCUT2D eigenvalue weighted by Gasteiger charge is 2.34. The Balaban J connectivity index is 2.00. The second-order valence-electron chi connectivity index (χ2n) is 5.90. The molecule has 0 bridgehead atoms. The smallest absolute Gasteiger partial charge is 0.318 e. The number of amides is 4. The van der Waals surface area contributed by atoms with Gasteiger partial charge in [-0.3, -0.25) is 9.59 Å². The lowest BCUT2D eigenvalue weighted by Gasteiger charge is -2.34. The van der Waals surface area contributed by atoms with E-state index in [0.717, 1.165) is 28.4 Å². The van der Waals surface area contributed by atoms with Crippen LogP contribution >= 0.6 is 11.3 Å². The number of urea groups is 1. The Hall–Kier alpha value is -2.16. The third-order valence-electron chi connectivity index (χ3n) is 4.05. The number of carbonyl (C=O) groups excluding carboxylic acids is 3. The first-order chi connectivity index (χ1) is 12.0. The van der Waals surface area contributed by atoms with Gasteiger partial charge in [-0.15, -0.1) is 11.3 Å². The molecular formula is C16H25N5O3S. The number of hydrogen-bond donors (Lipinski definition) is 3. The minimum absolute atomic E-state index is 0.0456. The summed E-state index contributed by atoms with van der Waals surface area (Å²) in [5.74, 6) is -0.577. The first-order valence-corrected chi connectivity index (χ1v) is 9.25. The van der Waals surface area contributed by atoms with Crippen molar-refractivity contribution >= 4 is 29.2 Å². The summed E-state index contributed by atoms with van der Waals surface area (Å²) >= 11 is 1.60. The zero-order valence-corrected chi connectivity index (χ0v) is 15.7. The van der Waals surface area contributed by atoms with Crippen LogP contribution in [-0.4, -0.2) is 53.9 Å². The Morgan fingerprint density at radius 2 is 2.20 bits per heavy atom. The Bertz CT molecular complexity index is 646. The number of hydrogen-bond acceptors (Lipinski definition) is 5. The van der Waals surface area contributed by atoms with Crippen LogP contribution < -0.4 is 16.0 Å². The van der Waals surface area contributed by atoms with Crippen LogP contribution in [0.2, 0.25) is 0 Å². The average Bonchev–Trinajstić information content (AvgIpc) is 2.94. The zero-order chi connectivity index (χ0) is 18.4. The van der Waals surface area contributed by atoms with E-state index in [9.17, 15) is 14.4 Å². The molecule has 1 aromatic rings. The van der Waals surface area contributed by atoms with E-state index in [4.69, 9.17) is 0 Å². The van der Waals surface area contributed by atoms with Crippen molar-refractivity contribution < 1.29 is 14.4 Å². The molecule has 0 aliphatic carbocycles. The van der Waals surface area contributed by atoms with Crippen LogP contribution in [0.15, 0.2) is 0 Å². The fourth-order valence-electron chi connectivity index (χ4n) is 2.67. The van der Waals surface area contributed by atoms with Gasteiger partial charge < -0.3 is 20.9 Å². The molecule has 1 fully saturated rings. The number of carbonyl (C=O) groups is 3. The van der Waals surface area contributed by atoms with E-state index in [2.05, 4.69) is 27.9 Å². The lowest BCUT2D eigenvalue weighted by Crippen LogP contribution is -2.60. The molecule has 138 valence electrons. The van der Waals surface area contributed by atoms with Crippen molar-refractivity contribution in [1.29, 1.82) is 0 Å². The van der Waals surface area contributed by atoms with Gasteiger partial charge in [-0.25, -0.2) is 9.78 Å². The van der Waals surface area contributed by atoms with Crippen LogP contribution in [0.1, 0.15) is 35.3 Å². The fourth-order valence-corrected chi connectivity index (χ4v) is 3.78. The Kier molecular flexibility index (Phi) is 6.74. The Morgan fingerprint density at radius 1 is 1.44 bits per heavy atom. The maximum absolute atomic E-state index is 12.5. The molecule has 0 saturated carbocycles. The van der Waals surface area contributed by atoms with Gasteiger partial charge in [-0.2, -0.15) is 0 Å². The molecule has 0 radical (unpaired) electrons. The maximum atomic E-state index is 12.5. The van der Waals surface area contributed by atoms with Gasteiger partial charge in [-0.1, -0.05) is 6.92 Å². The lowest BCUT2D eigenvalue weighted by atomic mass is 10.1. The molecule has 1 aliphatic heterocycles. The fraction of sp³-hybridized carbons (Fsp3) is 0.625. The van der Waals surface area contributed by atoms with Crippen LogP contribution in [0.4, 0.5) is 4.79 Å². The van der Waals surface area contributed by atoms with Crippen molar-refractivity contribution in [3.05, 3.63) is 15.6 Å². The molecule has 1 aromatic heterocycles. The van der Waals surface area contributed by atoms with Gasteiger partial charge in [-0.05, 0) is 19.8 Å². The van der Waals surface area contributed by atoms with Crippen LogP contribution in [0, 0.1) is 6.92 Å². The molecule has 2 rings (SSSR count). The number of piperazine rings is 1. The third kappa shape index (κ3) is 4.91. The third-order valence-corrected chi connectivity index (χ3v) is 5.27. The van der Waals surface area contributed by atoms with Gasteiger partial charge in [0.1, 0.15) is 6.04 Å². The Morgan fingerprint density at radius 3 is 2.88 bits per heavy atom. The largest absolute Gasteiger partial charge is 0.359 e. The van der Waals surface area contributed by atoms with E-state index in [1.54, 1.807) is 11.3 Å². The quantitative estimate of drug-likeness (QED) is 0.683. The molecular weight excluding hydrogens is 342 g/mol. The van der Waals surface area contributed by atoms with E-state index in [1.165, 1.54) is 11.9 Å². The van der Waals surface area contributed by atoms with Crippen LogP contribution in [0.3, 0.4) is 0 Å². The standard InChI is InChI=1S/C16H25N5O3S/c1-4-5-14-20-10(2)12(25-14)9-19-16(24)21-7-6-18-15(23)11(21)8-13(22)17-3/h11H,4-9H2,1-3H3,(H,17,22)(H,18,23)(H,19,24). The first kappa shape index (κ1) is 19.2. The van der Waals surface area contributed by atoms with E-state index in [0.29, 0.717) is 19.6 Å². The van der Waals surface area contributed by atoms with Crippen molar-refractivity contribution in [3.8, 4) is 0 Å². The number of rotatable bonds is 6. The number of aryl methyl sites for hydroxylation is 2. The molecule has 1 aliphatic rings. The number of aromatic nitrogens is 1. The van der Waals surface area contributed by atoms with Crippen LogP contribution in [0.25, 0.3) is 0 Å². The van der Waals surface area contributed by atoms with E-state index >= 15 is 0 Å². The lowest BCUT2D eigenvalue weighted by molar-refractivity contribution is -0.132. The summed E-state index contributed by atoms with van der Waals surface area (Å²) < 4.78 is 0. The minimum atomic E-state index is -0.785. The van der Waals surface area contributed by atoms with Crippen molar-refractivity contribution in [1.82, 2.24) is 25.8 Å². The molecule has 1 saturated heterocycles. The second-order valence-corrected chi connectivity index (χ2v) is 7.07. The van der Waals surface area contributed by atoms with Gasteiger partial charge in [0.15, 0.2) is 0 Å². The van der Waals surface area contributed by atoms with Crippen molar-refractivity contribution in [2.75, 3.05) is 20.1 Å². The van der Waals surface area contributed by atoms with Gasteiger partial charge in [0, 0.05) is 25.0 Å². The monoisotopic (exact) mass is 367 g/mol. The first-order valence-electron chi connectivity index (χ1n) is 8.44. The molecule has 1 unspecified atom stereocenters. The predicted octanol–water partition coefficient (Wildman–Crippen LogP) is 0.550. The normalized spacial score (nSPS) is 17.2. The molecule has 25 heavy (non-hydrogen) atoms. The average molecular weight is 367 g/mol. The predicted molar refractivity (Wildman–Crippen MR) is 95.3 cm³/mol. The Labute approximate surface area is 151 Å². The zero-order valence-electron chi connectivity index (χ0n) is 14.8. The van der Waals surface area contributed by atoms with Crippen molar-refractivity contribution in [3.63, 3.8) is 0 Å². The highest BCUT2D eigenvalue weighted by atomic mass is 32.1. The van der Waals surface area contributed by atoms with Gasteiger partial charge in [0.25, 0.3) is 0 Å². The maximum Gasteiger partial charge on any atom is 0.318 e. The summed E-state index contributed by atoms with van der Waals surface area (Å²) in [5, 5.41) is 9.11. The summed E-state index contributed by atoms with van der Waals surface area (Å²) in [7, 11) is 1.51. The molecule has 1 atom stereocenters.